The molecule has 1 aliphatic rings. The summed E-state index contributed by atoms with van der Waals surface area (Å²) in [6.07, 6.45) is -1.26. The van der Waals surface area contributed by atoms with E-state index in [-0.39, 0.29) is 17.1 Å². The third-order valence-electron chi connectivity index (χ3n) is 4.16. The van der Waals surface area contributed by atoms with Gasteiger partial charge in [0.25, 0.3) is 0 Å². The largest absolute Gasteiger partial charge is 0.497 e. The zero-order valence-corrected chi connectivity index (χ0v) is 18.2. The molecule has 0 bridgehead atoms. The van der Waals surface area contributed by atoms with Gasteiger partial charge in [-0.05, 0) is 25.1 Å². The summed E-state index contributed by atoms with van der Waals surface area (Å²) >= 11 is 0. The number of halogens is 3. The van der Waals surface area contributed by atoms with Crippen LogP contribution in [0.2, 0.25) is 0 Å². The summed E-state index contributed by atoms with van der Waals surface area (Å²) in [5, 5.41) is 6.00. The predicted molar refractivity (Wildman–Crippen MR) is 113 cm³/mol. The van der Waals surface area contributed by atoms with Crippen LogP contribution in [0.25, 0.3) is 0 Å². The number of methoxy groups -OCH3 is 1. The maximum absolute atomic E-state index is 14.4. The summed E-state index contributed by atoms with van der Waals surface area (Å²) in [6.45, 7) is 1.59. The van der Waals surface area contributed by atoms with Gasteiger partial charge in [-0.1, -0.05) is 0 Å². The fourth-order valence-corrected chi connectivity index (χ4v) is 4.30. The molecule has 2 atom stereocenters. The summed E-state index contributed by atoms with van der Waals surface area (Å²) < 4.78 is 74.3. The Hall–Kier alpha value is -3.32. The van der Waals surface area contributed by atoms with Crippen LogP contribution in [0.4, 0.5) is 23.7 Å². The zero-order chi connectivity index (χ0) is 23.4. The number of anilines is 1. The van der Waals surface area contributed by atoms with Crippen LogP contribution in [-0.4, -0.2) is 27.2 Å². The van der Waals surface area contributed by atoms with Gasteiger partial charge in [-0.15, -0.1) is 0 Å². The second kappa shape index (κ2) is 9.87. The van der Waals surface area contributed by atoms with Crippen molar-refractivity contribution in [1.82, 2.24) is 5.32 Å². The number of benzene rings is 2. The Kier molecular flexibility index (Phi) is 7.20. The summed E-state index contributed by atoms with van der Waals surface area (Å²) in [7, 11) is -2.33. The summed E-state index contributed by atoms with van der Waals surface area (Å²) in [5.74, 6) is -3.60. The first-order chi connectivity index (χ1) is 15.2. The summed E-state index contributed by atoms with van der Waals surface area (Å²) in [5.41, 5.74) is 1.29. The van der Waals surface area contributed by atoms with Crippen LogP contribution in [0.1, 0.15) is 18.5 Å². The van der Waals surface area contributed by atoms with Gasteiger partial charge >= 0.3 is 6.09 Å². The van der Waals surface area contributed by atoms with Gasteiger partial charge in [-0.3, -0.25) is 5.32 Å². The van der Waals surface area contributed by atoms with Gasteiger partial charge in [0.1, 0.15) is 17.4 Å². The highest BCUT2D eigenvalue weighted by molar-refractivity contribution is 8.42. The molecule has 32 heavy (non-hydrogen) atoms. The maximum Gasteiger partial charge on any atom is 0.418 e. The van der Waals surface area contributed by atoms with Crippen LogP contribution in [0, 0.1) is 17.5 Å². The van der Waals surface area contributed by atoms with E-state index in [4.69, 9.17) is 4.74 Å². The minimum Gasteiger partial charge on any atom is -0.497 e. The second-order valence-electron chi connectivity index (χ2n) is 6.31. The topological polar surface area (TPSA) is 106 Å². The van der Waals surface area contributed by atoms with E-state index in [0.717, 1.165) is 23.1 Å². The van der Waals surface area contributed by atoms with Crippen molar-refractivity contribution in [2.24, 2.45) is 4.99 Å². The lowest BCUT2D eigenvalue weighted by atomic mass is 10.1. The summed E-state index contributed by atoms with van der Waals surface area (Å²) in [6, 6.07) is 5.19. The van der Waals surface area contributed by atoms with Gasteiger partial charge in [0.2, 0.25) is 15.0 Å². The summed E-state index contributed by atoms with van der Waals surface area (Å²) in [4.78, 5) is 15.6. The molecule has 0 aliphatic carbocycles. The number of nitrogens with zero attached hydrogens (tertiary/aromatic N) is 1. The molecule has 13 heteroatoms. The van der Waals surface area contributed by atoms with Gasteiger partial charge in [0.05, 0.1) is 18.7 Å². The first-order valence-corrected chi connectivity index (χ1v) is 11.8. The van der Waals surface area contributed by atoms with Crippen molar-refractivity contribution >= 4 is 36.0 Å². The molecule has 170 valence electrons. The fraction of sp³-hybridized carbons (Fsp3) is 0.158. The molecule has 3 rings (SSSR count). The molecular weight excluding hydrogens is 471 g/mol. The quantitative estimate of drug-likeness (QED) is 0.645. The van der Waals surface area contributed by atoms with Crippen LogP contribution in [0.5, 0.6) is 11.5 Å². The number of carbonyl (C=O) groups excluding carboxylic acids is 1. The Bertz CT molecular complexity index is 1250. The van der Waals surface area contributed by atoms with E-state index in [1.807, 2.05) is 0 Å². The molecule has 2 aromatic carbocycles. The molecule has 0 aromatic heterocycles. The zero-order valence-electron chi connectivity index (χ0n) is 16.6. The normalized spacial score (nSPS) is 15.7. The molecule has 8 nitrogen and oxygen atoms in total. The van der Waals surface area contributed by atoms with Crippen molar-refractivity contribution in [2.45, 2.75) is 13.0 Å². The van der Waals surface area contributed by atoms with E-state index in [2.05, 4.69) is 20.4 Å². The van der Waals surface area contributed by atoms with Gasteiger partial charge in [-0.25, -0.2) is 23.0 Å². The van der Waals surface area contributed by atoms with Gasteiger partial charge in [0.15, 0.2) is 11.6 Å². The van der Waals surface area contributed by atoms with Crippen LogP contribution in [0.3, 0.4) is 0 Å². The number of nitrogens with one attached hydrogen (secondary N) is 2. The van der Waals surface area contributed by atoms with Crippen LogP contribution in [0.15, 0.2) is 46.6 Å². The fourth-order valence-electron chi connectivity index (χ4n) is 2.69. The van der Waals surface area contributed by atoms with E-state index in [9.17, 15) is 26.4 Å². The smallest absolute Gasteiger partial charge is 0.418 e. The first kappa shape index (κ1) is 23.3. The molecule has 2 aromatic rings. The van der Waals surface area contributed by atoms with Crippen molar-refractivity contribution in [3.63, 3.8) is 0 Å². The lowest BCUT2D eigenvalue weighted by molar-refractivity contribution is 0.199. The third kappa shape index (κ3) is 5.48. The van der Waals surface area contributed by atoms with Crippen LogP contribution >= 0.6 is 0 Å². The molecule has 1 aliphatic heterocycles. The average Bonchev–Trinajstić information content (AvgIpc) is 3.20. The van der Waals surface area contributed by atoms with E-state index in [1.54, 1.807) is 6.92 Å². The SMILES string of the molecule is COc1ccc(F)c(C(C)Nc2cc(F)c(OC(=O)NC3=CS(=S(=O)=O)C=N3)c(F)c2)c1. The number of rotatable bonds is 6. The Morgan fingerprint density at radius 3 is 2.41 bits per heavy atom. The Labute approximate surface area is 183 Å². The van der Waals surface area contributed by atoms with Crippen molar-refractivity contribution < 1.29 is 35.9 Å². The van der Waals surface area contributed by atoms with Crippen LogP contribution < -0.4 is 20.1 Å². The Balaban J connectivity index is 1.73. The minimum absolute atomic E-state index is 0.0208. The number of hydrogen-bond donors (Lipinski definition) is 2. The van der Waals surface area contributed by atoms with E-state index >= 15 is 0 Å². The Morgan fingerprint density at radius 1 is 1.12 bits per heavy atom. The van der Waals surface area contributed by atoms with Crippen LogP contribution in [-0.2, 0) is 18.7 Å². The first-order valence-electron chi connectivity index (χ1n) is 8.83. The van der Waals surface area contributed by atoms with E-state index in [1.165, 1.54) is 25.3 Å². The molecule has 0 spiro atoms. The van der Waals surface area contributed by atoms with E-state index < -0.39 is 54.1 Å². The number of hydrogen-bond acceptors (Lipinski definition) is 7. The minimum atomic E-state index is -2.44. The number of amides is 1. The highest BCUT2D eigenvalue weighted by Crippen LogP contribution is 2.30. The van der Waals surface area contributed by atoms with Gasteiger partial charge in [-0.2, -0.15) is 8.42 Å². The average molecular weight is 487 g/mol. The van der Waals surface area contributed by atoms with Crippen molar-refractivity contribution in [2.75, 3.05) is 12.4 Å². The van der Waals surface area contributed by atoms with E-state index in [0.29, 0.717) is 5.75 Å². The standard InChI is InChI=1S/C19H16F3N3O5S2/c1-10(13-7-12(29-2)3-4-14(13)20)24-11-5-15(21)18(16(22)6-11)30-19(26)25-17-8-31(9-23-17)32(27)28/h3-10,24H,1-2H3,(H,25,26). The lowest BCUT2D eigenvalue weighted by Gasteiger charge is -2.18. The molecule has 0 fully saturated rings. The number of ether oxygens (including phenoxy) is 2. The number of carbonyl (C=O) groups is 1. The third-order valence-corrected chi connectivity index (χ3v) is 6.73. The monoisotopic (exact) mass is 487 g/mol. The molecule has 1 heterocycles. The number of aliphatic imine (C=N–C) groups is 1. The molecule has 0 saturated heterocycles. The van der Waals surface area contributed by atoms with Gasteiger partial charge < -0.3 is 14.8 Å². The molecule has 2 unspecified atom stereocenters. The molecule has 0 radical (unpaired) electrons. The molecule has 1 amide bonds. The molecule has 0 saturated carbocycles. The van der Waals surface area contributed by atoms with Crippen molar-refractivity contribution in [1.29, 1.82) is 0 Å². The molecule has 2 N–H and O–H groups in total. The molecular formula is C19H16F3N3O5S2. The Morgan fingerprint density at radius 2 is 1.81 bits per heavy atom. The predicted octanol–water partition coefficient (Wildman–Crippen LogP) is 3.63. The van der Waals surface area contributed by atoms with Crippen molar-refractivity contribution in [3.05, 3.63) is 64.6 Å². The van der Waals surface area contributed by atoms with Crippen molar-refractivity contribution in [3.8, 4) is 11.5 Å². The highest BCUT2D eigenvalue weighted by atomic mass is 32.9. The highest BCUT2D eigenvalue weighted by Gasteiger charge is 2.20. The van der Waals surface area contributed by atoms with Gasteiger partial charge in [0, 0.05) is 38.2 Å². The lowest BCUT2D eigenvalue weighted by Crippen LogP contribution is -2.26. The second-order valence-corrected chi connectivity index (χ2v) is 9.79. The maximum atomic E-state index is 14.4.